The Bertz CT molecular complexity index is 1210. The van der Waals surface area contributed by atoms with E-state index in [0.717, 1.165) is 32.9 Å². The molecule has 28 heavy (non-hydrogen) atoms. The third-order valence-corrected chi connectivity index (χ3v) is 4.88. The molecule has 1 N–H and O–H groups in total. The van der Waals surface area contributed by atoms with Gasteiger partial charge in [-0.05, 0) is 48.2 Å². The first-order chi connectivity index (χ1) is 13.1. The number of ether oxygens (including phenoxy) is 2. The fourth-order valence-corrected chi connectivity index (χ4v) is 3.49. The molecule has 0 amide bonds. The molecule has 2 heterocycles. The largest absolute Gasteiger partial charge is 0.493 e. The Balaban J connectivity index is 0.00000225. The Labute approximate surface area is 164 Å². The van der Waals surface area contributed by atoms with Crippen LogP contribution in [0.15, 0.2) is 53.5 Å². The van der Waals surface area contributed by atoms with Crippen LogP contribution >= 0.6 is 0 Å². The van der Waals surface area contributed by atoms with Gasteiger partial charge in [0.15, 0.2) is 11.5 Å². The zero-order valence-electron chi connectivity index (χ0n) is 15.5. The van der Waals surface area contributed by atoms with E-state index in [1.165, 1.54) is 0 Å². The van der Waals surface area contributed by atoms with E-state index in [0.29, 0.717) is 23.5 Å². The number of nitrogens with one attached hydrogen (secondary N) is 1. The normalized spacial score (nSPS) is 10.7. The standard InChI is InChI=1S/C22H20N2O3.CH4/c1-13-16-11-20(26-2)21(27-3)12-17(16)18(22(25)24-13)10-14-6-7-19-15(9-14)5-4-8-23-19;/h4-9,11-12H,10H2,1-3H3,(H,24,25);1H4. The number of methoxy groups -OCH3 is 2. The van der Waals surface area contributed by atoms with Crippen LogP contribution in [0.25, 0.3) is 21.7 Å². The summed E-state index contributed by atoms with van der Waals surface area (Å²) in [6, 6.07) is 13.8. The van der Waals surface area contributed by atoms with Gasteiger partial charge in [0.05, 0.1) is 19.7 Å². The van der Waals surface area contributed by atoms with Crippen molar-refractivity contribution in [1.82, 2.24) is 9.97 Å². The number of H-pyrrole nitrogens is 1. The highest BCUT2D eigenvalue weighted by molar-refractivity contribution is 5.90. The summed E-state index contributed by atoms with van der Waals surface area (Å²) in [4.78, 5) is 20.1. The van der Waals surface area contributed by atoms with Crippen LogP contribution in [-0.2, 0) is 6.42 Å². The zero-order valence-corrected chi connectivity index (χ0v) is 15.5. The Morgan fingerprint density at radius 2 is 1.71 bits per heavy atom. The van der Waals surface area contributed by atoms with E-state index < -0.39 is 0 Å². The van der Waals surface area contributed by atoms with E-state index in [4.69, 9.17) is 9.47 Å². The summed E-state index contributed by atoms with van der Waals surface area (Å²) in [5.41, 5.74) is 3.43. The number of benzene rings is 2. The average Bonchev–Trinajstić information content (AvgIpc) is 2.70. The molecule has 5 heteroatoms. The maximum Gasteiger partial charge on any atom is 0.252 e. The maximum atomic E-state index is 12.7. The number of hydrogen-bond acceptors (Lipinski definition) is 4. The number of aromatic nitrogens is 2. The lowest BCUT2D eigenvalue weighted by Gasteiger charge is -2.13. The van der Waals surface area contributed by atoms with Gasteiger partial charge in [-0.15, -0.1) is 0 Å². The first-order valence-corrected chi connectivity index (χ1v) is 8.72. The molecule has 2 aromatic heterocycles. The van der Waals surface area contributed by atoms with Gasteiger partial charge in [-0.2, -0.15) is 0 Å². The van der Waals surface area contributed by atoms with Crippen molar-refractivity contribution in [2.75, 3.05) is 14.2 Å². The second-order valence-corrected chi connectivity index (χ2v) is 6.52. The molecule has 4 aromatic rings. The Kier molecular flexibility index (Phi) is 5.36. The Morgan fingerprint density at radius 3 is 2.43 bits per heavy atom. The molecule has 0 saturated carbocycles. The third-order valence-electron chi connectivity index (χ3n) is 4.88. The van der Waals surface area contributed by atoms with E-state index in [1.807, 2.05) is 43.3 Å². The molecule has 0 spiro atoms. The lowest BCUT2D eigenvalue weighted by molar-refractivity contribution is 0.356. The number of rotatable bonds is 4. The van der Waals surface area contributed by atoms with Gasteiger partial charge in [0, 0.05) is 34.6 Å². The van der Waals surface area contributed by atoms with Gasteiger partial charge in [0.1, 0.15) is 0 Å². The number of pyridine rings is 2. The Hall–Kier alpha value is -3.34. The van der Waals surface area contributed by atoms with Crippen LogP contribution in [0.2, 0.25) is 0 Å². The van der Waals surface area contributed by atoms with Crippen molar-refractivity contribution in [2.45, 2.75) is 20.8 Å². The predicted octanol–water partition coefficient (Wildman–Crippen LogP) is 4.63. The highest BCUT2D eigenvalue weighted by atomic mass is 16.5. The molecule has 5 nitrogen and oxygen atoms in total. The minimum Gasteiger partial charge on any atom is -0.493 e. The van der Waals surface area contributed by atoms with E-state index >= 15 is 0 Å². The second-order valence-electron chi connectivity index (χ2n) is 6.52. The Morgan fingerprint density at radius 1 is 1.00 bits per heavy atom. The molecule has 0 radical (unpaired) electrons. The van der Waals surface area contributed by atoms with Crippen molar-refractivity contribution >= 4 is 21.7 Å². The van der Waals surface area contributed by atoms with Gasteiger partial charge in [-0.25, -0.2) is 0 Å². The monoisotopic (exact) mass is 376 g/mol. The average molecular weight is 376 g/mol. The fourth-order valence-electron chi connectivity index (χ4n) is 3.49. The van der Waals surface area contributed by atoms with E-state index in [2.05, 4.69) is 16.0 Å². The molecular weight excluding hydrogens is 352 g/mol. The SMILES string of the molecule is C.COc1cc2c(C)[nH]c(=O)c(Cc3ccc4ncccc4c3)c2cc1OC. The summed E-state index contributed by atoms with van der Waals surface area (Å²) >= 11 is 0. The summed E-state index contributed by atoms with van der Waals surface area (Å²) in [5, 5.41) is 2.88. The molecule has 144 valence electrons. The molecular formula is C23H24N2O3. The van der Waals surface area contributed by atoms with Gasteiger partial charge in [0.2, 0.25) is 0 Å². The number of nitrogens with zero attached hydrogens (tertiary/aromatic N) is 1. The third kappa shape index (κ3) is 3.31. The van der Waals surface area contributed by atoms with Crippen molar-refractivity contribution in [2.24, 2.45) is 0 Å². The summed E-state index contributed by atoms with van der Waals surface area (Å²) in [5.74, 6) is 1.25. The summed E-state index contributed by atoms with van der Waals surface area (Å²) in [6.45, 7) is 1.89. The maximum absolute atomic E-state index is 12.7. The van der Waals surface area contributed by atoms with E-state index in [9.17, 15) is 4.79 Å². The van der Waals surface area contributed by atoms with Gasteiger partial charge in [-0.1, -0.05) is 19.6 Å². The molecule has 0 unspecified atom stereocenters. The molecule has 4 rings (SSSR count). The van der Waals surface area contributed by atoms with Crippen LogP contribution in [0.5, 0.6) is 11.5 Å². The lowest BCUT2D eigenvalue weighted by atomic mass is 9.97. The minimum atomic E-state index is -0.0847. The topological polar surface area (TPSA) is 64.2 Å². The zero-order chi connectivity index (χ0) is 19.0. The molecule has 2 aromatic carbocycles. The smallest absolute Gasteiger partial charge is 0.252 e. The fraction of sp³-hybridized carbons (Fsp3) is 0.217. The second kappa shape index (κ2) is 7.72. The van der Waals surface area contributed by atoms with Gasteiger partial charge in [-0.3, -0.25) is 9.78 Å². The first-order valence-electron chi connectivity index (χ1n) is 8.72. The number of hydrogen-bond donors (Lipinski definition) is 1. The summed E-state index contributed by atoms with van der Waals surface area (Å²) in [6.07, 6.45) is 2.30. The molecule has 0 aliphatic heterocycles. The van der Waals surface area contributed by atoms with Crippen LogP contribution in [-0.4, -0.2) is 24.2 Å². The van der Waals surface area contributed by atoms with Crippen molar-refractivity contribution in [3.8, 4) is 11.5 Å². The van der Waals surface area contributed by atoms with Crippen molar-refractivity contribution in [1.29, 1.82) is 0 Å². The minimum absolute atomic E-state index is 0. The highest BCUT2D eigenvalue weighted by Gasteiger charge is 2.14. The quantitative estimate of drug-likeness (QED) is 0.564. The van der Waals surface area contributed by atoms with Crippen LogP contribution in [0.3, 0.4) is 0 Å². The predicted molar refractivity (Wildman–Crippen MR) is 114 cm³/mol. The number of aryl methyl sites for hydroxylation is 1. The van der Waals surface area contributed by atoms with Crippen LogP contribution in [0.4, 0.5) is 0 Å². The molecule has 0 saturated heterocycles. The van der Waals surface area contributed by atoms with Crippen molar-refractivity contribution < 1.29 is 9.47 Å². The molecule has 0 bridgehead atoms. The lowest BCUT2D eigenvalue weighted by Crippen LogP contribution is -2.15. The molecule has 0 atom stereocenters. The van der Waals surface area contributed by atoms with Crippen molar-refractivity contribution in [3.05, 3.63) is 75.8 Å². The molecule has 0 fully saturated rings. The first kappa shape index (κ1) is 19.4. The van der Waals surface area contributed by atoms with Crippen LogP contribution < -0.4 is 15.0 Å². The van der Waals surface area contributed by atoms with Gasteiger partial charge < -0.3 is 14.5 Å². The van der Waals surface area contributed by atoms with Crippen molar-refractivity contribution in [3.63, 3.8) is 0 Å². The van der Waals surface area contributed by atoms with E-state index in [-0.39, 0.29) is 13.0 Å². The van der Waals surface area contributed by atoms with Gasteiger partial charge >= 0.3 is 0 Å². The highest BCUT2D eigenvalue weighted by Crippen LogP contribution is 2.34. The number of fused-ring (bicyclic) bond motifs is 2. The molecule has 0 aliphatic rings. The van der Waals surface area contributed by atoms with Crippen LogP contribution in [0, 0.1) is 6.92 Å². The van der Waals surface area contributed by atoms with Crippen LogP contribution in [0.1, 0.15) is 24.2 Å². The summed E-state index contributed by atoms with van der Waals surface area (Å²) in [7, 11) is 3.20. The number of aromatic amines is 1. The molecule has 0 aliphatic carbocycles. The summed E-state index contributed by atoms with van der Waals surface area (Å²) < 4.78 is 10.9. The van der Waals surface area contributed by atoms with E-state index in [1.54, 1.807) is 20.4 Å². The van der Waals surface area contributed by atoms with Gasteiger partial charge in [0.25, 0.3) is 5.56 Å².